The first-order valence-electron chi connectivity index (χ1n) is 8.51. The third-order valence-electron chi connectivity index (χ3n) is 5.94. The van der Waals surface area contributed by atoms with Crippen molar-refractivity contribution in [2.45, 2.75) is 38.6 Å². The largest absolute Gasteiger partial charge is 0.381 e. The molecule has 0 unspecified atom stereocenters. The number of hydrogen-bond acceptors (Lipinski definition) is 3. The summed E-state index contributed by atoms with van der Waals surface area (Å²) in [7, 11) is 1.98. The molecule has 22 heavy (non-hydrogen) atoms. The zero-order chi connectivity index (χ0) is 15.2. The van der Waals surface area contributed by atoms with Crippen LogP contribution in [0.25, 0.3) is 0 Å². The summed E-state index contributed by atoms with van der Waals surface area (Å²) in [4.78, 5) is 19.1. The molecule has 4 rings (SSSR count). The molecular weight excluding hydrogens is 278 g/mol. The van der Waals surface area contributed by atoms with Crippen molar-refractivity contribution in [3.05, 3.63) is 18.2 Å². The minimum Gasteiger partial charge on any atom is -0.381 e. The molecule has 0 bridgehead atoms. The average Bonchev–Trinajstić information content (AvgIpc) is 3.01. The SMILES string of the molecule is CN(C[C@@H]1CCn2ccnc2C1)C(=O)[C@H]1CC12CCOCC2. The summed E-state index contributed by atoms with van der Waals surface area (Å²) < 4.78 is 7.68. The molecule has 2 fully saturated rings. The number of fused-ring (bicyclic) bond motifs is 1. The quantitative estimate of drug-likeness (QED) is 0.854. The van der Waals surface area contributed by atoms with Gasteiger partial charge in [0.25, 0.3) is 0 Å². The maximum atomic E-state index is 12.7. The number of hydrogen-bond donors (Lipinski definition) is 0. The predicted octanol–water partition coefficient (Wildman–Crippen LogP) is 1.72. The Morgan fingerprint density at radius 3 is 3.14 bits per heavy atom. The third kappa shape index (κ3) is 2.45. The standard InChI is InChI=1S/C17H25N3O2/c1-19(12-13-2-6-20-7-5-18-15(20)10-13)16(21)14-11-17(14)3-8-22-9-4-17/h5,7,13-14H,2-4,6,8-12H2,1H3/t13-,14-/m1/s1. The van der Waals surface area contributed by atoms with Crippen LogP contribution in [0.2, 0.25) is 0 Å². The molecule has 2 aliphatic heterocycles. The summed E-state index contributed by atoms with van der Waals surface area (Å²) in [5.41, 5.74) is 0.284. The lowest BCUT2D eigenvalue weighted by Crippen LogP contribution is -2.37. The first-order valence-corrected chi connectivity index (χ1v) is 8.51. The van der Waals surface area contributed by atoms with Crippen LogP contribution >= 0.6 is 0 Å². The van der Waals surface area contributed by atoms with Crippen LogP contribution in [0, 0.1) is 17.3 Å². The second-order valence-corrected chi connectivity index (χ2v) is 7.35. The maximum absolute atomic E-state index is 12.7. The van der Waals surface area contributed by atoms with Crippen molar-refractivity contribution in [1.29, 1.82) is 0 Å². The third-order valence-corrected chi connectivity index (χ3v) is 5.94. The Hall–Kier alpha value is -1.36. The monoisotopic (exact) mass is 303 g/mol. The molecule has 0 aromatic carbocycles. The fourth-order valence-electron chi connectivity index (χ4n) is 4.34. The smallest absolute Gasteiger partial charge is 0.226 e. The average molecular weight is 303 g/mol. The summed E-state index contributed by atoms with van der Waals surface area (Å²) in [6.07, 6.45) is 9.29. The number of imidazole rings is 1. The highest BCUT2D eigenvalue weighted by molar-refractivity contribution is 5.82. The van der Waals surface area contributed by atoms with E-state index in [-0.39, 0.29) is 11.3 Å². The number of carbonyl (C=O) groups is 1. The number of nitrogens with zero attached hydrogens (tertiary/aromatic N) is 3. The Bertz CT molecular complexity index is 562. The summed E-state index contributed by atoms with van der Waals surface area (Å²) in [6.45, 7) is 3.57. The van der Waals surface area contributed by atoms with Crippen LogP contribution in [0.1, 0.15) is 31.5 Å². The number of ether oxygens (including phenoxy) is 1. The molecule has 1 amide bonds. The molecule has 2 atom stereocenters. The van der Waals surface area contributed by atoms with Gasteiger partial charge in [0.15, 0.2) is 0 Å². The van der Waals surface area contributed by atoms with E-state index in [1.165, 1.54) is 5.82 Å². The van der Waals surface area contributed by atoms with Gasteiger partial charge in [-0.25, -0.2) is 4.98 Å². The van der Waals surface area contributed by atoms with Crippen molar-refractivity contribution < 1.29 is 9.53 Å². The van der Waals surface area contributed by atoms with Crippen LogP contribution in [0.5, 0.6) is 0 Å². The fraction of sp³-hybridized carbons (Fsp3) is 0.765. The van der Waals surface area contributed by atoms with Crippen molar-refractivity contribution in [1.82, 2.24) is 14.5 Å². The van der Waals surface area contributed by atoms with Crippen LogP contribution in [-0.2, 0) is 22.5 Å². The fourth-order valence-corrected chi connectivity index (χ4v) is 4.34. The van der Waals surface area contributed by atoms with Crippen molar-refractivity contribution >= 4 is 5.91 Å². The van der Waals surface area contributed by atoms with E-state index in [4.69, 9.17) is 4.74 Å². The van der Waals surface area contributed by atoms with Gasteiger partial charge in [-0.15, -0.1) is 0 Å². The second-order valence-electron chi connectivity index (χ2n) is 7.35. The molecule has 1 spiro atoms. The molecule has 5 nitrogen and oxygen atoms in total. The van der Waals surface area contributed by atoms with Crippen LogP contribution in [-0.4, -0.2) is 47.2 Å². The highest BCUT2D eigenvalue weighted by Crippen LogP contribution is 2.59. The van der Waals surface area contributed by atoms with E-state index in [9.17, 15) is 4.79 Å². The maximum Gasteiger partial charge on any atom is 0.226 e. The van der Waals surface area contributed by atoms with Gasteiger partial charge in [-0.3, -0.25) is 4.79 Å². The van der Waals surface area contributed by atoms with Crippen molar-refractivity contribution in [3.8, 4) is 0 Å². The van der Waals surface area contributed by atoms with E-state index in [0.717, 1.165) is 58.4 Å². The van der Waals surface area contributed by atoms with Gasteiger partial charge >= 0.3 is 0 Å². The number of amides is 1. The van der Waals surface area contributed by atoms with E-state index in [0.29, 0.717) is 11.8 Å². The van der Waals surface area contributed by atoms with E-state index >= 15 is 0 Å². The molecule has 1 saturated heterocycles. The number of rotatable bonds is 3. The summed E-state index contributed by atoms with van der Waals surface area (Å²) in [5, 5.41) is 0. The van der Waals surface area contributed by atoms with Crippen LogP contribution in [0.4, 0.5) is 0 Å². The van der Waals surface area contributed by atoms with Crippen molar-refractivity contribution in [2.24, 2.45) is 17.3 Å². The zero-order valence-electron chi connectivity index (χ0n) is 13.3. The van der Waals surface area contributed by atoms with Gasteiger partial charge in [0.1, 0.15) is 5.82 Å². The first-order chi connectivity index (χ1) is 10.7. The topological polar surface area (TPSA) is 47.4 Å². The number of aryl methyl sites for hydroxylation is 1. The van der Waals surface area contributed by atoms with E-state index in [1.54, 1.807) is 0 Å². The first kappa shape index (κ1) is 14.2. The Morgan fingerprint density at radius 2 is 2.32 bits per heavy atom. The van der Waals surface area contributed by atoms with Crippen LogP contribution < -0.4 is 0 Å². The minimum atomic E-state index is 0.256. The molecule has 0 N–H and O–H groups in total. The molecule has 1 aromatic heterocycles. The Kier molecular flexibility index (Phi) is 3.48. The van der Waals surface area contributed by atoms with Gasteiger partial charge in [-0.1, -0.05) is 0 Å². The van der Waals surface area contributed by atoms with Gasteiger partial charge in [-0.2, -0.15) is 0 Å². The van der Waals surface area contributed by atoms with Gasteiger partial charge in [0, 0.05) is 58.1 Å². The lowest BCUT2D eigenvalue weighted by Gasteiger charge is -2.29. The Morgan fingerprint density at radius 1 is 1.50 bits per heavy atom. The predicted molar refractivity (Wildman–Crippen MR) is 82.3 cm³/mol. The van der Waals surface area contributed by atoms with Crippen molar-refractivity contribution in [2.75, 3.05) is 26.8 Å². The van der Waals surface area contributed by atoms with E-state index in [2.05, 4.69) is 15.7 Å². The highest BCUT2D eigenvalue weighted by atomic mass is 16.5. The highest BCUT2D eigenvalue weighted by Gasteiger charge is 2.58. The molecule has 1 aliphatic carbocycles. The molecule has 0 radical (unpaired) electrons. The van der Waals surface area contributed by atoms with Crippen LogP contribution in [0.3, 0.4) is 0 Å². The minimum absolute atomic E-state index is 0.256. The van der Waals surface area contributed by atoms with Gasteiger partial charge in [-0.05, 0) is 37.0 Å². The zero-order valence-corrected chi connectivity index (χ0v) is 13.3. The molecule has 1 saturated carbocycles. The van der Waals surface area contributed by atoms with E-state index < -0.39 is 0 Å². The number of aromatic nitrogens is 2. The number of carbonyl (C=O) groups excluding carboxylic acids is 1. The molecule has 5 heteroatoms. The molecule has 3 heterocycles. The van der Waals surface area contributed by atoms with Gasteiger partial charge in [0.2, 0.25) is 5.91 Å². The normalized spacial score (nSPS) is 29.1. The Labute approximate surface area is 131 Å². The molecule has 1 aromatic rings. The van der Waals surface area contributed by atoms with Crippen LogP contribution in [0.15, 0.2) is 12.4 Å². The summed E-state index contributed by atoms with van der Waals surface area (Å²) in [5.74, 6) is 2.33. The molecular formula is C17H25N3O2. The van der Waals surface area contributed by atoms with Gasteiger partial charge < -0.3 is 14.2 Å². The molecule has 120 valence electrons. The second kappa shape index (κ2) is 5.37. The van der Waals surface area contributed by atoms with E-state index in [1.807, 2.05) is 18.1 Å². The lowest BCUT2D eigenvalue weighted by atomic mass is 9.93. The Balaban J connectivity index is 1.33. The van der Waals surface area contributed by atoms with Crippen molar-refractivity contribution in [3.63, 3.8) is 0 Å². The summed E-state index contributed by atoms with van der Waals surface area (Å²) >= 11 is 0. The van der Waals surface area contributed by atoms with Gasteiger partial charge in [0.05, 0.1) is 0 Å². The summed E-state index contributed by atoms with van der Waals surface area (Å²) in [6, 6.07) is 0. The lowest BCUT2D eigenvalue weighted by molar-refractivity contribution is -0.133. The molecule has 3 aliphatic rings.